The lowest BCUT2D eigenvalue weighted by atomic mass is 10.1. The normalized spacial score (nSPS) is 11.6. The number of hydrogen-bond acceptors (Lipinski definition) is 2. The molecular formula is C12H20N2. The highest BCUT2D eigenvalue weighted by molar-refractivity contribution is 4.98. The smallest absolute Gasteiger partial charge is 0.0687 e. The molecule has 2 N–H and O–H groups in total. The molecule has 0 rings (SSSR count). The average Bonchev–Trinajstić information content (AvgIpc) is 2.22. The topological polar surface area (TPSA) is 24.1 Å². The lowest BCUT2D eigenvalue weighted by Crippen LogP contribution is -2.29. The van der Waals surface area contributed by atoms with Gasteiger partial charge in [0, 0.05) is 0 Å². The molecule has 0 spiro atoms. The molecule has 14 heavy (non-hydrogen) atoms. The largest absolute Gasteiger partial charge is 0.306 e. The third-order valence-corrected chi connectivity index (χ3v) is 1.92. The summed E-state index contributed by atoms with van der Waals surface area (Å²) in [5, 5.41) is 6.44. The summed E-state index contributed by atoms with van der Waals surface area (Å²) in [6.45, 7) is 4.71. The van der Waals surface area contributed by atoms with Crippen LogP contribution in [0.2, 0.25) is 0 Å². The van der Waals surface area contributed by atoms with Crippen molar-refractivity contribution in [3.63, 3.8) is 0 Å². The van der Waals surface area contributed by atoms with Gasteiger partial charge >= 0.3 is 0 Å². The minimum atomic E-state index is 0.211. The molecular weight excluding hydrogens is 172 g/mol. The van der Waals surface area contributed by atoms with Crippen molar-refractivity contribution in [3.05, 3.63) is 0 Å². The Kier molecular flexibility index (Phi) is 9.43. The van der Waals surface area contributed by atoms with E-state index >= 15 is 0 Å². The lowest BCUT2D eigenvalue weighted by Gasteiger charge is -2.11. The van der Waals surface area contributed by atoms with Crippen molar-refractivity contribution < 1.29 is 0 Å². The molecule has 0 aromatic rings. The first-order valence-electron chi connectivity index (χ1n) is 5.18. The fourth-order valence-electron chi connectivity index (χ4n) is 1.15. The van der Waals surface area contributed by atoms with Crippen molar-refractivity contribution in [2.45, 2.75) is 32.2 Å². The first kappa shape index (κ1) is 13.0. The van der Waals surface area contributed by atoms with Crippen molar-refractivity contribution in [3.8, 4) is 24.7 Å². The monoisotopic (exact) mass is 192 g/mol. The maximum atomic E-state index is 5.39. The minimum Gasteiger partial charge on any atom is -0.306 e. The van der Waals surface area contributed by atoms with E-state index in [0.717, 1.165) is 32.4 Å². The van der Waals surface area contributed by atoms with Crippen LogP contribution in [0.4, 0.5) is 0 Å². The van der Waals surface area contributed by atoms with Gasteiger partial charge in [-0.25, -0.2) is 0 Å². The van der Waals surface area contributed by atoms with E-state index in [0.29, 0.717) is 6.54 Å². The van der Waals surface area contributed by atoms with Gasteiger partial charge in [0.1, 0.15) is 0 Å². The van der Waals surface area contributed by atoms with Crippen LogP contribution in [0, 0.1) is 24.7 Å². The highest BCUT2D eigenvalue weighted by Crippen LogP contribution is 1.94. The van der Waals surface area contributed by atoms with Crippen molar-refractivity contribution in [2.75, 3.05) is 19.6 Å². The summed E-state index contributed by atoms with van der Waals surface area (Å²) in [7, 11) is 0. The molecule has 0 saturated heterocycles. The van der Waals surface area contributed by atoms with Gasteiger partial charge in [-0.1, -0.05) is 18.8 Å². The molecule has 0 aliphatic carbocycles. The molecule has 0 aromatic carbocycles. The van der Waals surface area contributed by atoms with E-state index in [-0.39, 0.29) is 6.04 Å². The van der Waals surface area contributed by atoms with Crippen LogP contribution < -0.4 is 10.6 Å². The molecule has 1 unspecified atom stereocenters. The Labute approximate surface area is 87.9 Å². The van der Waals surface area contributed by atoms with Crippen LogP contribution in [0.25, 0.3) is 0 Å². The predicted molar refractivity (Wildman–Crippen MR) is 61.9 cm³/mol. The highest BCUT2D eigenvalue weighted by Gasteiger charge is 2.01. The van der Waals surface area contributed by atoms with Gasteiger partial charge in [-0.2, -0.15) is 0 Å². The Morgan fingerprint density at radius 1 is 1.29 bits per heavy atom. The maximum Gasteiger partial charge on any atom is 0.0687 e. The SMILES string of the molecule is C#CCNCCCC(C#C)NCCC. The van der Waals surface area contributed by atoms with Gasteiger partial charge in [-0.05, 0) is 32.4 Å². The zero-order valence-corrected chi connectivity index (χ0v) is 8.97. The van der Waals surface area contributed by atoms with Crippen LogP contribution in [-0.2, 0) is 0 Å². The van der Waals surface area contributed by atoms with Crippen LogP contribution in [-0.4, -0.2) is 25.7 Å². The van der Waals surface area contributed by atoms with Gasteiger partial charge in [-0.3, -0.25) is 0 Å². The fourth-order valence-corrected chi connectivity index (χ4v) is 1.15. The molecule has 0 bridgehead atoms. The molecule has 0 aromatic heterocycles. The Morgan fingerprint density at radius 3 is 2.64 bits per heavy atom. The second-order valence-electron chi connectivity index (χ2n) is 3.20. The van der Waals surface area contributed by atoms with Gasteiger partial charge in [0.15, 0.2) is 0 Å². The van der Waals surface area contributed by atoms with Crippen molar-refractivity contribution in [1.29, 1.82) is 0 Å². The van der Waals surface area contributed by atoms with Crippen LogP contribution in [0.1, 0.15) is 26.2 Å². The van der Waals surface area contributed by atoms with Gasteiger partial charge < -0.3 is 10.6 Å². The summed E-state index contributed by atoms with van der Waals surface area (Å²) in [6.07, 6.45) is 13.7. The molecule has 0 aliphatic rings. The summed E-state index contributed by atoms with van der Waals surface area (Å²) < 4.78 is 0. The Hall–Kier alpha value is -0.960. The predicted octanol–water partition coefficient (Wildman–Crippen LogP) is 0.991. The first-order valence-corrected chi connectivity index (χ1v) is 5.18. The van der Waals surface area contributed by atoms with E-state index in [4.69, 9.17) is 12.8 Å². The van der Waals surface area contributed by atoms with Crippen LogP contribution in [0.5, 0.6) is 0 Å². The van der Waals surface area contributed by atoms with E-state index in [1.807, 2.05) is 0 Å². The summed E-state index contributed by atoms with van der Waals surface area (Å²) in [5.74, 6) is 5.29. The third kappa shape index (κ3) is 7.68. The van der Waals surface area contributed by atoms with Crippen molar-refractivity contribution in [2.24, 2.45) is 0 Å². The second-order valence-corrected chi connectivity index (χ2v) is 3.20. The molecule has 2 nitrogen and oxygen atoms in total. The standard InChI is InChI=1S/C12H20N2/c1-4-9-13-11-7-8-12(6-3)14-10-5-2/h1,3,12-14H,5,7-11H2,2H3. The zero-order valence-electron chi connectivity index (χ0n) is 8.97. The summed E-state index contributed by atoms with van der Waals surface area (Å²) in [4.78, 5) is 0. The molecule has 0 aliphatic heterocycles. The quantitative estimate of drug-likeness (QED) is 0.443. The second kappa shape index (κ2) is 10.1. The zero-order chi connectivity index (χ0) is 10.6. The van der Waals surface area contributed by atoms with E-state index in [9.17, 15) is 0 Å². The van der Waals surface area contributed by atoms with Gasteiger partial charge in [0.2, 0.25) is 0 Å². The number of rotatable bonds is 8. The lowest BCUT2D eigenvalue weighted by molar-refractivity contribution is 0.536. The fraction of sp³-hybridized carbons (Fsp3) is 0.667. The molecule has 0 radical (unpaired) electrons. The first-order chi connectivity index (χ1) is 6.85. The summed E-state index contributed by atoms with van der Waals surface area (Å²) in [5.41, 5.74) is 0. The highest BCUT2D eigenvalue weighted by atomic mass is 14.9. The van der Waals surface area contributed by atoms with Gasteiger partial charge in [-0.15, -0.1) is 12.8 Å². The number of hydrogen-bond donors (Lipinski definition) is 2. The maximum absolute atomic E-state index is 5.39. The molecule has 0 fully saturated rings. The van der Waals surface area contributed by atoms with Crippen molar-refractivity contribution >= 4 is 0 Å². The summed E-state index contributed by atoms with van der Waals surface area (Å²) in [6, 6.07) is 0.211. The molecule has 0 heterocycles. The van der Waals surface area contributed by atoms with Crippen LogP contribution in [0.15, 0.2) is 0 Å². The molecule has 78 valence electrons. The van der Waals surface area contributed by atoms with E-state index in [2.05, 4.69) is 29.4 Å². The van der Waals surface area contributed by atoms with Gasteiger partial charge in [0.25, 0.3) is 0 Å². The Bertz CT molecular complexity index is 197. The van der Waals surface area contributed by atoms with Gasteiger partial charge in [0.05, 0.1) is 12.6 Å². The third-order valence-electron chi connectivity index (χ3n) is 1.92. The molecule has 2 heteroatoms. The van der Waals surface area contributed by atoms with Crippen LogP contribution >= 0.6 is 0 Å². The van der Waals surface area contributed by atoms with E-state index < -0.39 is 0 Å². The average molecular weight is 192 g/mol. The molecule has 0 amide bonds. The number of nitrogens with one attached hydrogen (secondary N) is 2. The molecule has 1 atom stereocenters. The number of terminal acetylenes is 2. The van der Waals surface area contributed by atoms with Crippen LogP contribution in [0.3, 0.4) is 0 Å². The Morgan fingerprint density at radius 2 is 2.07 bits per heavy atom. The van der Waals surface area contributed by atoms with E-state index in [1.54, 1.807) is 0 Å². The minimum absolute atomic E-state index is 0.211. The Balaban J connectivity index is 3.35. The summed E-state index contributed by atoms with van der Waals surface area (Å²) >= 11 is 0. The van der Waals surface area contributed by atoms with Crippen molar-refractivity contribution in [1.82, 2.24) is 10.6 Å². The molecule has 0 saturated carbocycles. The van der Waals surface area contributed by atoms with E-state index in [1.165, 1.54) is 0 Å².